The molecular weight excluding hydrogens is 468 g/mol. The van der Waals surface area contributed by atoms with Crippen LogP contribution in [0, 0.1) is 0 Å². The first-order valence-electron chi connectivity index (χ1n) is 13.5. The van der Waals surface area contributed by atoms with E-state index >= 15 is 0 Å². The second kappa shape index (κ2) is 11.3. The lowest BCUT2D eigenvalue weighted by Gasteiger charge is -2.30. The summed E-state index contributed by atoms with van der Waals surface area (Å²) >= 11 is 0. The number of amides is 4. The van der Waals surface area contributed by atoms with Gasteiger partial charge in [0.25, 0.3) is 5.91 Å². The van der Waals surface area contributed by atoms with E-state index in [-0.39, 0.29) is 36.2 Å². The Kier molecular flexibility index (Phi) is 8.15. The molecule has 2 aliphatic heterocycles. The molecule has 198 valence electrons. The molecule has 0 radical (unpaired) electrons. The van der Waals surface area contributed by atoms with Gasteiger partial charge >= 0.3 is 0 Å². The van der Waals surface area contributed by atoms with Crippen molar-refractivity contribution < 1.29 is 19.2 Å². The van der Waals surface area contributed by atoms with Crippen LogP contribution in [0.2, 0.25) is 0 Å². The summed E-state index contributed by atoms with van der Waals surface area (Å²) in [5.74, 6) is -0.683. The number of carbonyl (C=O) groups is 4. The molecule has 8 heteroatoms. The van der Waals surface area contributed by atoms with Gasteiger partial charge in [-0.15, -0.1) is 0 Å². The standard InChI is InChI=1S/C29H38N4O4/c1-18(2)32(19(3)4)26(35)12-7-5-6-8-17-30-22-13-14-23-27-20(22)10-9-11-21(27)29(37)33(23)24-15-16-25(34)31-28(24)36/h9-11,13-14,18-19,24,30H,5-8,12,15-17H2,1-4H3,(H,31,34,36). The minimum Gasteiger partial charge on any atom is -0.385 e. The third-order valence-electron chi connectivity index (χ3n) is 7.28. The molecule has 8 nitrogen and oxygen atoms in total. The number of nitrogens with one attached hydrogen (secondary N) is 2. The minimum atomic E-state index is -0.681. The van der Waals surface area contributed by atoms with Crippen molar-refractivity contribution in [1.29, 1.82) is 0 Å². The smallest absolute Gasteiger partial charge is 0.259 e. The number of unbranched alkanes of at least 4 members (excludes halogenated alkanes) is 3. The minimum absolute atomic E-state index is 0.199. The lowest BCUT2D eigenvalue weighted by molar-refractivity contribution is -0.135. The second-order valence-corrected chi connectivity index (χ2v) is 10.6. The topological polar surface area (TPSA) is 98.8 Å². The Labute approximate surface area is 218 Å². The molecular formula is C29H38N4O4. The molecule has 1 saturated heterocycles. The summed E-state index contributed by atoms with van der Waals surface area (Å²) in [6.45, 7) is 9.04. The van der Waals surface area contributed by atoms with Gasteiger partial charge in [-0.05, 0) is 65.2 Å². The van der Waals surface area contributed by atoms with E-state index in [4.69, 9.17) is 0 Å². The van der Waals surface area contributed by atoms with E-state index in [1.807, 2.05) is 29.2 Å². The number of imide groups is 1. The molecule has 2 aromatic carbocycles. The highest BCUT2D eigenvalue weighted by molar-refractivity contribution is 6.28. The molecule has 1 fully saturated rings. The van der Waals surface area contributed by atoms with Crippen molar-refractivity contribution in [1.82, 2.24) is 10.2 Å². The first kappa shape index (κ1) is 26.6. The molecule has 0 spiro atoms. The van der Waals surface area contributed by atoms with Crippen LogP contribution in [-0.2, 0) is 14.4 Å². The Morgan fingerprint density at radius 3 is 2.46 bits per heavy atom. The zero-order valence-corrected chi connectivity index (χ0v) is 22.3. The first-order chi connectivity index (χ1) is 17.7. The lowest BCUT2D eigenvalue weighted by atomic mass is 10.0. The molecule has 2 aromatic rings. The van der Waals surface area contributed by atoms with E-state index in [2.05, 4.69) is 38.3 Å². The number of nitrogens with zero attached hydrogens (tertiary/aromatic N) is 2. The zero-order valence-electron chi connectivity index (χ0n) is 22.3. The summed E-state index contributed by atoms with van der Waals surface area (Å²) in [7, 11) is 0. The highest BCUT2D eigenvalue weighted by Gasteiger charge is 2.40. The molecule has 0 saturated carbocycles. The molecule has 0 aromatic heterocycles. The summed E-state index contributed by atoms with van der Waals surface area (Å²) in [6, 6.07) is 9.28. The van der Waals surface area contributed by atoms with Crippen LogP contribution in [0.1, 0.15) is 83.0 Å². The van der Waals surface area contributed by atoms with Gasteiger partial charge in [-0.3, -0.25) is 29.4 Å². The maximum Gasteiger partial charge on any atom is 0.259 e. The van der Waals surface area contributed by atoms with Gasteiger partial charge in [-0.2, -0.15) is 0 Å². The van der Waals surface area contributed by atoms with Crippen molar-refractivity contribution in [3.05, 3.63) is 35.9 Å². The Bertz CT molecular complexity index is 1200. The fourth-order valence-corrected chi connectivity index (χ4v) is 5.68. The molecule has 2 aliphatic rings. The fourth-order valence-electron chi connectivity index (χ4n) is 5.68. The molecule has 4 rings (SSSR count). The maximum absolute atomic E-state index is 13.3. The summed E-state index contributed by atoms with van der Waals surface area (Å²) in [4.78, 5) is 53.4. The van der Waals surface area contributed by atoms with Crippen LogP contribution in [0.15, 0.2) is 30.3 Å². The highest BCUT2D eigenvalue weighted by atomic mass is 16.2. The van der Waals surface area contributed by atoms with E-state index < -0.39 is 11.9 Å². The molecule has 37 heavy (non-hydrogen) atoms. The zero-order chi connectivity index (χ0) is 26.7. The Morgan fingerprint density at radius 2 is 1.76 bits per heavy atom. The van der Waals surface area contributed by atoms with Gasteiger partial charge in [0.15, 0.2) is 0 Å². The fraction of sp³-hybridized carbons (Fsp3) is 0.517. The van der Waals surface area contributed by atoms with Crippen molar-refractivity contribution >= 4 is 45.8 Å². The molecule has 0 bridgehead atoms. The number of hydrogen-bond acceptors (Lipinski definition) is 5. The Morgan fingerprint density at radius 1 is 1.03 bits per heavy atom. The molecule has 1 unspecified atom stereocenters. The first-order valence-corrected chi connectivity index (χ1v) is 13.5. The lowest BCUT2D eigenvalue weighted by Crippen LogP contribution is -2.53. The van der Waals surface area contributed by atoms with Crippen LogP contribution < -0.4 is 15.5 Å². The van der Waals surface area contributed by atoms with Gasteiger partial charge in [-0.1, -0.05) is 25.0 Å². The van der Waals surface area contributed by atoms with Crippen LogP contribution in [0.3, 0.4) is 0 Å². The van der Waals surface area contributed by atoms with Crippen molar-refractivity contribution in [3.63, 3.8) is 0 Å². The van der Waals surface area contributed by atoms with E-state index in [9.17, 15) is 19.2 Å². The maximum atomic E-state index is 13.3. The Hall–Kier alpha value is -3.42. The van der Waals surface area contributed by atoms with Gasteiger partial charge < -0.3 is 10.2 Å². The van der Waals surface area contributed by atoms with Gasteiger partial charge in [0.1, 0.15) is 6.04 Å². The molecule has 4 amide bonds. The number of hydrogen-bond donors (Lipinski definition) is 2. The van der Waals surface area contributed by atoms with Crippen molar-refractivity contribution in [2.45, 2.75) is 90.8 Å². The average molecular weight is 507 g/mol. The van der Waals surface area contributed by atoms with Crippen LogP contribution in [0.25, 0.3) is 10.8 Å². The van der Waals surface area contributed by atoms with Crippen LogP contribution in [-0.4, -0.2) is 53.2 Å². The van der Waals surface area contributed by atoms with Gasteiger partial charge in [0.05, 0.1) is 5.69 Å². The Balaban J connectivity index is 1.34. The largest absolute Gasteiger partial charge is 0.385 e. The SMILES string of the molecule is CC(C)N(C(=O)CCCCCCNc1ccc2c3c(cccc13)C(=O)N2C1CCC(=O)NC1=O)C(C)C. The number of piperidine rings is 1. The summed E-state index contributed by atoms with van der Waals surface area (Å²) in [6.07, 6.45) is 5.07. The van der Waals surface area contributed by atoms with Crippen LogP contribution >= 0.6 is 0 Å². The predicted octanol–water partition coefficient (Wildman–Crippen LogP) is 4.61. The second-order valence-electron chi connectivity index (χ2n) is 10.6. The number of carbonyl (C=O) groups excluding carboxylic acids is 4. The normalized spacial score (nSPS) is 17.2. The molecule has 2 N–H and O–H groups in total. The van der Waals surface area contributed by atoms with E-state index in [1.165, 1.54) is 0 Å². The highest BCUT2D eigenvalue weighted by Crippen LogP contribution is 2.42. The third-order valence-corrected chi connectivity index (χ3v) is 7.28. The average Bonchev–Trinajstić information content (AvgIpc) is 3.12. The quantitative estimate of drug-likeness (QED) is 0.342. The van der Waals surface area contributed by atoms with E-state index in [0.29, 0.717) is 18.4 Å². The van der Waals surface area contributed by atoms with Crippen LogP contribution in [0.5, 0.6) is 0 Å². The number of rotatable bonds is 11. The number of benzene rings is 2. The van der Waals surface area contributed by atoms with Crippen molar-refractivity contribution in [2.24, 2.45) is 0 Å². The van der Waals surface area contributed by atoms with Crippen molar-refractivity contribution in [3.8, 4) is 0 Å². The van der Waals surface area contributed by atoms with Crippen LogP contribution in [0.4, 0.5) is 11.4 Å². The molecule has 2 heterocycles. The van der Waals surface area contributed by atoms with Gasteiger partial charge in [0.2, 0.25) is 17.7 Å². The van der Waals surface area contributed by atoms with Gasteiger partial charge in [0, 0.05) is 53.5 Å². The van der Waals surface area contributed by atoms with E-state index in [0.717, 1.165) is 54.4 Å². The molecule has 1 atom stereocenters. The monoisotopic (exact) mass is 506 g/mol. The summed E-state index contributed by atoms with van der Waals surface area (Å²) in [5, 5.41) is 7.67. The number of anilines is 2. The third kappa shape index (κ3) is 5.48. The summed E-state index contributed by atoms with van der Waals surface area (Å²) in [5.41, 5.74) is 2.26. The molecule has 0 aliphatic carbocycles. The van der Waals surface area contributed by atoms with E-state index in [1.54, 1.807) is 11.0 Å². The summed E-state index contributed by atoms with van der Waals surface area (Å²) < 4.78 is 0. The predicted molar refractivity (Wildman–Crippen MR) is 146 cm³/mol. The van der Waals surface area contributed by atoms with Crippen molar-refractivity contribution in [2.75, 3.05) is 16.8 Å². The van der Waals surface area contributed by atoms with Gasteiger partial charge in [-0.25, -0.2) is 0 Å².